The van der Waals surface area contributed by atoms with Gasteiger partial charge in [0.1, 0.15) is 12.6 Å². The van der Waals surface area contributed by atoms with Gasteiger partial charge in [-0.1, -0.05) is 61.9 Å². The van der Waals surface area contributed by atoms with Crippen LogP contribution in [0.5, 0.6) is 0 Å². The standard InChI is InChI=1S/C27H27N3O5/c1-2-7-24(26(32)33)30-25(31)14-17-12-13-18(15-28-17)29-27(34)35-16-23-21-10-5-3-8-19(21)20-9-4-6-11-22(20)23/h3-6,8-13,15,23-24H,2,7,14,16H2,1H3,(H,29,34)(H,30,31)(H,32,33)/t24-/m1/s1. The molecule has 4 rings (SSSR count). The summed E-state index contributed by atoms with van der Waals surface area (Å²) in [5, 5.41) is 14.3. The van der Waals surface area contributed by atoms with Crippen molar-refractivity contribution < 1.29 is 24.2 Å². The number of nitrogens with one attached hydrogen (secondary N) is 2. The van der Waals surface area contributed by atoms with E-state index in [9.17, 15) is 14.4 Å². The van der Waals surface area contributed by atoms with Crippen LogP contribution in [0.25, 0.3) is 11.1 Å². The number of carbonyl (C=O) groups is 3. The number of hydrogen-bond donors (Lipinski definition) is 3. The first-order chi connectivity index (χ1) is 17.0. The van der Waals surface area contributed by atoms with Crippen molar-refractivity contribution in [2.24, 2.45) is 0 Å². The fourth-order valence-corrected chi connectivity index (χ4v) is 4.31. The molecule has 8 heteroatoms. The fourth-order valence-electron chi connectivity index (χ4n) is 4.31. The van der Waals surface area contributed by atoms with Gasteiger partial charge in [0.05, 0.1) is 18.3 Å². The van der Waals surface area contributed by atoms with Crippen LogP contribution >= 0.6 is 0 Å². The maximum Gasteiger partial charge on any atom is 0.411 e. The van der Waals surface area contributed by atoms with Gasteiger partial charge < -0.3 is 15.2 Å². The second-order valence-corrected chi connectivity index (χ2v) is 8.41. The summed E-state index contributed by atoms with van der Waals surface area (Å²) < 4.78 is 5.53. The number of fused-ring (bicyclic) bond motifs is 3. The number of carboxylic acid groups (broad SMARTS) is 1. The quantitative estimate of drug-likeness (QED) is 0.425. The highest BCUT2D eigenvalue weighted by atomic mass is 16.5. The summed E-state index contributed by atoms with van der Waals surface area (Å²) in [6, 6.07) is 18.5. The molecule has 1 aliphatic rings. The van der Waals surface area contributed by atoms with Crippen LogP contribution in [0.4, 0.5) is 10.5 Å². The van der Waals surface area contributed by atoms with Gasteiger partial charge >= 0.3 is 12.1 Å². The van der Waals surface area contributed by atoms with Gasteiger partial charge in [-0.05, 0) is 40.8 Å². The van der Waals surface area contributed by atoms with Crippen molar-refractivity contribution in [2.75, 3.05) is 11.9 Å². The first-order valence-electron chi connectivity index (χ1n) is 11.6. The van der Waals surface area contributed by atoms with E-state index in [1.54, 1.807) is 12.1 Å². The number of pyridine rings is 1. The number of carboxylic acids is 1. The van der Waals surface area contributed by atoms with E-state index in [1.165, 1.54) is 6.20 Å². The molecule has 1 atom stereocenters. The molecule has 0 saturated carbocycles. The summed E-state index contributed by atoms with van der Waals surface area (Å²) in [5.74, 6) is -1.51. The van der Waals surface area contributed by atoms with Crippen molar-refractivity contribution in [1.29, 1.82) is 0 Å². The smallest absolute Gasteiger partial charge is 0.411 e. The zero-order valence-electron chi connectivity index (χ0n) is 19.4. The highest BCUT2D eigenvalue weighted by Gasteiger charge is 2.29. The maximum atomic E-state index is 12.4. The molecule has 1 heterocycles. The molecule has 35 heavy (non-hydrogen) atoms. The van der Waals surface area contributed by atoms with Crippen LogP contribution in [-0.4, -0.2) is 40.7 Å². The largest absolute Gasteiger partial charge is 0.480 e. The molecule has 1 aliphatic carbocycles. The number of aliphatic carboxylic acids is 1. The molecule has 0 aliphatic heterocycles. The van der Waals surface area contributed by atoms with Gasteiger partial charge in [-0.15, -0.1) is 0 Å². The zero-order valence-corrected chi connectivity index (χ0v) is 19.4. The number of rotatable bonds is 9. The van der Waals surface area contributed by atoms with Gasteiger partial charge in [-0.25, -0.2) is 9.59 Å². The van der Waals surface area contributed by atoms with E-state index in [4.69, 9.17) is 9.84 Å². The highest BCUT2D eigenvalue weighted by molar-refractivity contribution is 5.86. The second kappa shape index (κ2) is 10.8. The Morgan fingerprint density at radius 3 is 2.23 bits per heavy atom. The van der Waals surface area contributed by atoms with Crippen molar-refractivity contribution in [3.8, 4) is 11.1 Å². The maximum absolute atomic E-state index is 12.4. The molecule has 0 fully saturated rings. The first kappa shape index (κ1) is 23.9. The third-order valence-electron chi connectivity index (χ3n) is 5.97. The van der Waals surface area contributed by atoms with Crippen LogP contribution in [0.3, 0.4) is 0 Å². The minimum absolute atomic E-state index is 0.0329. The topological polar surface area (TPSA) is 118 Å². The Balaban J connectivity index is 1.31. The summed E-state index contributed by atoms with van der Waals surface area (Å²) in [4.78, 5) is 40.0. The third kappa shape index (κ3) is 5.66. The number of ether oxygens (including phenoxy) is 1. The van der Waals surface area contributed by atoms with E-state index in [-0.39, 0.29) is 18.9 Å². The summed E-state index contributed by atoms with van der Waals surface area (Å²) in [6.07, 6.45) is 1.79. The Hall–Kier alpha value is -4.20. The van der Waals surface area contributed by atoms with Crippen molar-refractivity contribution in [3.05, 3.63) is 83.7 Å². The van der Waals surface area contributed by atoms with Crippen LogP contribution in [0, 0.1) is 0 Å². The Labute approximate surface area is 203 Å². The molecule has 3 aromatic rings. The number of hydrogen-bond acceptors (Lipinski definition) is 5. The number of amides is 2. The van der Waals surface area contributed by atoms with Gasteiger partial charge in [0.15, 0.2) is 0 Å². The van der Waals surface area contributed by atoms with Crippen LogP contribution in [0.2, 0.25) is 0 Å². The summed E-state index contributed by atoms with van der Waals surface area (Å²) in [5.41, 5.74) is 5.47. The van der Waals surface area contributed by atoms with Crippen LogP contribution in [0.1, 0.15) is 42.5 Å². The lowest BCUT2D eigenvalue weighted by Gasteiger charge is -2.15. The molecule has 180 valence electrons. The van der Waals surface area contributed by atoms with Gasteiger partial charge in [-0.2, -0.15) is 0 Å². The van der Waals surface area contributed by atoms with E-state index in [0.29, 0.717) is 24.2 Å². The van der Waals surface area contributed by atoms with Crippen LogP contribution in [-0.2, 0) is 20.7 Å². The molecule has 0 unspecified atom stereocenters. The number of nitrogens with zero attached hydrogens (tertiary/aromatic N) is 1. The average molecular weight is 474 g/mol. The highest BCUT2D eigenvalue weighted by Crippen LogP contribution is 2.44. The summed E-state index contributed by atoms with van der Waals surface area (Å²) in [7, 11) is 0. The Bertz CT molecular complexity index is 1180. The molecule has 1 aromatic heterocycles. The third-order valence-corrected chi connectivity index (χ3v) is 5.97. The Morgan fingerprint density at radius 1 is 1.00 bits per heavy atom. The van der Waals surface area contributed by atoms with Gasteiger partial charge in [0, 0.05) is 11.6 Å². The molecule has 0 saturated heterocycles. The predicted molar refractivity (Wildman–Crippen MR) is 131 cm³/mol. The second-order valence-electron chi connectivity index (χ2n) is 8.41. The summed E-state index contributed by atoms with van der Waals surface area (Å²) >= 11 is 0. The zero-order chi connectivity index (χ0) is 24.8. The van der Waals surface area contributed by atoms with Gasteiger partial charge in [0.2, 0.25) is 5.91 Å². The van der Waals surface area contributed by atoms with Crippen LogP contribution in [0.15, 0.2) is 66.9 Å². The molecule has 2 amide bonds. The van der Waals surface area contributed by atoms with Crippen molar-refractivity contribution >= 4 is 23.7 Å². The normalized spacial score (nSPS) is 12.8. The Morgan fingerprint density at radius 2 is 1.66 bits per heavy atom. The first-order valence-corrected chi connectivity index (χ1v) is 11.6. The van der Waals surface area contributed by atoms with E-state index in [0.717, 1.165) is 22.3 Å². The van der Waals surface area contributed by atoms with E-state index >= 15 is 0 Å². The molecule has 0 bridgehead atoms. The minimum atomic E-state index is -1.06. The monoisotopic (exact) mass is 473 g/mol. The van der Waals surface area contributed by atoms with Gasteiger partial charge in [-0.3, -0.25) is 15.1 Å². The lowest BCUT2D eigenvalue weighted by atomic mass is 9.98. The van der Waals surface area contributed by atoms with Gasteiger partial charge in [0.25, 0.3) is 0 Å². The van der Waals surface area contributed by atoms with E-state index in [2.05, 4.69) is 39.9 Å². The predicted octanol–water partition coefficient (Wildman–Crippen LogP) is 4.35. The minimum Gasteiger partial charge on any atom is -0.480 e. The average Bonchev–Trinajstić information content (AvgIpc) is 3.17. The van der Waals surface area contributed by atoms with Crippen molar-refractivity contribution in [3.63, 3.8) is 0 Å². The van der Waals surface area contributed by atoms with E-state index < -0.39 is 24.0 Å². The molecular weight excluding hydrogens is 446 g/mol. The fraction of sp³-hybridized carbons (Fsp3) is 0.259. The summed E-state index contributed by atoms with van der Waals surface area (Å²) in [6.45, 7) is 2.06. The van der Waals surface area contributed by atoms with Crippen molar-refractivity contribution in [2.45, 2.75) is 38.1 Å². The Kier molecular flexibility index (Phi) is 7.40. The molecule has 2 aromatic carbocycles. The molecule has 8 nitrogen and oxygen atoms in total. The lowest BCUT2D eigenvalue weighted by Crippen LogP contribution is -2.41. The molecule has 3 N–H and O–H groups in total. The molecule has 0 spiro atoms. The van der Waals surface area contributed by atoms with Crippen LogP contribution < -0.4 is 10.6 Å². The molecular formula is C27H27N3O5. The lowest BCUT2D eigenvalue weighted by molar-refractivity contribution is -0.141. The van der Waals surface area contributed by atoms with E-state index in [1.807, 2.05) is 31.2 Å². The number of carbonyl (C=O) groups excluding carboxylic acids is 2. The number of aromatic nitrogens is 1. The van der Waals surface area contributed by atoms with Crippen molar-refractivity contribution in [1.82, 2.24) is 10.3 Å². The molecule has 0 radical (unpaired) electrons. The SMILES string of the molecule is CCC[C@@H](NC(=O)Cc1ccc(NC(=O)OCC2c3ccccc3-c3ccccc32)cn1)C(=O)O. The number of benzene rings is 2. The number of anilines is 1.